The summed E-state index contributed by atoms with van der Waals surface area (Å²) in [7, 11) is 0. The first-order chi connectivity index (χ1) is 10.0. The number of nitrogens with zero attached hydrogens (tertiary/aromatic N) is 1. The molecule has 0 aromatic heterocycles. The van der Waals surface area contributed by atoms with Crippen molar-refractivity contribution in [2.24, 2.45) is 17.6 Å². The number of carbonyl (C=O) groups excluding carboxylic acids is 1. The van der Waals surface area contributed by atoms with Gasteiger partial charge in [-0.1, -0.05) is 23.2 Å². The van der Waals surface area contributed by atoms with E-state index >= 15 is 0 Å². The third kappa shape index (κ3) is 3.87. The Balaban J connectivity index is 0.00000176. The van der Waals surface area contributed by atoms with E-state index in [1.165, 1.54) is 6.42 Å². The number of hydrogen-bond acceptors (Lipinski definition) is 3. The van der Waals surface area contributed by atoms with E-state index in [1.807, 2.05) is 0 Å². The lowest BCUT2D eigenvalue weighted by Gasteiger charge is -2.18. The third-order valence-corrected chi connectivity index (χ3v) is 5.30. The van der Waals surface area contributed by atoms with Gasteiger partial charge in [-0.25, -0.2) is 0 Å². The summed E-state index contributed by atoms with van der Waals surface area (Å²) < 4.78 is 0. The molecule has 4 nitrogen and oxygen atoms in total. The molecule has 22 heavy (non-hydrogen) atoms. The summed E-state index contributed by atoms with van der Waals surface area (Å²) in [5.74, 6) is 1.20. The van der Waals surface area contributed by atoms with Crippen LogP contribution >= 0.6 is 35.6 Å². The number of nitrogens with two attached hydrogens (primary N) is 1. The standard InChI is InChI=1S/C15H19Cl2N3O.ClH/c16-12-3-2-10(5-13(12)17)19-15(21)8-20-6-9-1-4-14(18)11(9)7-20;/h2-3,5,9,11,14H,1,4,6-8,18H2,(H,19,21);1H. The molecular formula is C15H20Cl3N3O. The number of fused-ring (bicyclic) bond motifs is 1. The second-order valence-electron chi connectivity index (χ2n) is 6.04. The number of rotatable bonds is 3. The molecule has 1 aliphatic carbocycles. The fraction of sp³-hybridized carbons (Fsp3) is 0.533. The Bertz CT molecular complexity index is 555. The predicted molar refractivity (Wildman–Crippen MR) is 93.0 cm³/mol. The van der Waals surface area contributed by atoms with E-state index in [9.17, 15) is 4.79 Å². The third-order valence-electron chi connectivity index (χ3n) is 4.56. The molecule has 1 heterocycles. The minimum atomic E-state index is -0.0260. The largest absolute Gasteiger partial charge is 0.327 e. The van der Waals surface area contributed by atoms with E-state index in [0.717, 1.165) is 19.5 Å². The fourth-order valence-corrected chi connectivity index (χ4v) is 3.80. The maximum atomic E-state index is 12.1. The van der Waals surface area contributed by atoms with Crippen LogP contribution in [0.4, 0.5) is 5.69 Å². The molecule has 1 aromatic rings. The topological polar surface area (TPSA) is 58.4 Å². The number of hydrogen-bond donors (Lipinski definition) is 2. The molecule has 122 valence electrons. The van der Waals surface area contributed by atoms with Crippen LogP contribution in [0.1, 0.15) is 12.8 Å². The van der Waals surface area contributed by atoms with Gasteiger partial charge in [0.1, 0.15) is 0 Å². The molecule has 1 saturated heterocycles. The lowest BCUT2D eigenvalue weighted by atomic mass is 9.98. The molecule has 2 aliphatic rings. The summed E-state index contributed by atoms with van der Waals surface area (Å²) in [6.07, 6.45) is 2.31. The second-order valence-corrected chi connectivity index (χ2v) is 6.85. The van der Waals surface area contributed by atoms with Gasteiger partial charge in [0, 0.05) is 24.8 Å². The molecule has 0 radical (unpaired) electrons. The van der Waals surface area contributed by atoms with Gasteiger partial charge in [-0.05, 0) is 42.9 Å². The smallest absolute Gasteiger partial charge is 0.238 e. The minimum absolute atomic E-state index is 0. The molecule has 0 bridgehead atoms. The fourth-order valence-electron chi connectivity index (χ4n) is 3.51. The quantitative estimate of drug-likeness (QED) is 0.867. The number of benzene rings is 1. The van der Waals surface area contributed by atoms with Gasteiger partial charge in [-0.2, -0.15) is 0 Å². The Morgan fingerprint density at radius 1 is 1.27 bits per heavy atom. The van der Waals surface area contributed by atoms with Crippen molar-refractivity contribution in [1.82, 2.24) is 4.90 Å². The van der Waals surface area contributed by atoms with Crippen LogP contribution in [0.2, 0.25) is 10.0 Å². The number of halogens is 3. The number of nitrogens with one attached hydrogen (secondary N) is 1. The molecule has 3 rings (SSSR count). The zero-order valence-corrected chi connectivity index (χ0v) is 14.4. The lowest BCUT2D eigenvalue weighted by molar-refractivity contribution is -0.117. The number of anilines is 1. The molecule has 1 saturated carbocycles. The SMILES string of the molecule is Cl.NC1CCC2CN(CC(=O)Nc3ccc(Cl)c(Cl)c3)CC12. The van der Waals surface area contributed by atoms with Crippen LogP contribution in [0.5, 0.6) is 0 Å². The number of carbonyl (C=O) groups is 1. The van der Waals surface area contributed by atoms with Crippen molar-refractivity contribution in [2.75, 3.05) is 25.0 Å². The average Bonchev–Trinajstić information content (AvgIpc) is 2.96. The number of amides is 1. The van der Waals surface area contributed by atoms with E-state index in [0.29, 0.717) is 40.2 Å². The highest BCUT2D eigenvalue weighted by Crippen LogP contribution is 2.36. The van der Waals surface area contributed by atoms with Crippen molar-refractivity contribution in [2.45, 2.75) is 18.9 Å². The van der Waals surface area contributed by atoms with Crippen molar-refractivity contribution < 1.29 is 4.79 Å². The monoisotopic (exact) mass is 363 g/mol. The van der Waals surface area contributed by atoms with Crippen molar-refractivity contribution in [1.29, 1.82) is 0 Å². The normalized spacial score (nSPS) is 27.3. The Morgan fingerprint density at radius 2 is 2.05 bits per heavy atom. The first-order valence-electron chi connectivity index (χ1n) is 7.26. The average molecular weight is 365 g/mol. The van der Waals surface area contributed by atoms with Crippen LogP contribution in [0, 0.1) is 11.8 Å². The van der Waals surface area contributed by atoms with Crippen LogP contribution in [0.25, 0.3) is 0 Å². The van der Waals surface area contributed by atoms with Crippen LogP contribution in [-0.4, -0.2) is 36.5 Å². The van der Waals surface area contributed by atoms with Crippen molar-refractivity contribution in [3.05, 3.63) is 28.2 Å². The van der Waals surface area contributed by atoms with Crippen LogP contribution in [0.3, 0.4) is 0 Å². The summed E-state index contributed by atoms with van der Waals surface area (Å²) in [6.45, 7) is 2.31. The summed E-state index contributed by atoms with van der Waals surface area (Å²) in [6, 6.07) is 5.40. The van der Waals surface area contributed by atoms with Crippen molar-refractivity contribution >= 4 is 47.2 Å². The van der Waals surface area contributed by atoms with E-state index in [4.69, 9.17) is 28.9 Å². The predicted octanol–water partition coefficient (Wildman–Crippen LogP) is 3.02. The van der Waals surface area contributed by atoms with Gasteiger partial charge in [0.2, 0.25) is 5.91 Å². The molecule has 1 amide bonds. The van der Waals surface area contributed by atoms with E-state index < -0.39 is 0 Å². The highest BCUT2D eigenvalue weighted by atomic mass is 35.5. The molecule has 3 unspecified atom stereocenters. The van der Waals surface area contributed by atoms with Crippen LogP contribution in [-0.2, 0) is 4.79 Å². The Labute approximate surface area is 146 Å². The van der Waals surface area contributed by atoms with Gasteiger partial charge in [0.25, 0.3) is 0 Å². The highest BCUT2D eigenvalue weighted by Gasteiger charge is 2.41. The first kappa shape index (κ1) is 17.8. The van der Waals surface area contributed by atoms with Crippen molar-refractivity contribution in [3.63, 3.8) is 0 Å². The lowest BCUT2D eigenvalue weighted by Crippen LogP contribution is -2.34. The number of likely N-dealkylation sites (tertiary alicyclic amines) is 1. The van der Waals surface area contributed by atoms with Gasteiger partial charge < -0.3 is 11.1 Å². The zero-order chi connectivity index (χ0) is 15.0. The molecule has 3 atom stereocenters. The molecule has 0 spiro atoms. The summed E-state index contributed by atoms with van der Waals surface area (Å²) in [5, 5.41) is 3.78. The summed E-state index contributed by atoms with van der Waals surface area (Å²) in [5.41, 5.74) is 6.78. The molecule has 1 aliphatic heterocycles. The van der Waals surface area contributed by atoms with Gasteiger partial charge >= 0.3 is 0 Å². The van der Waals surface area contributed by atoms with Gasteiger partial charge in [0.15, 0.2) is 0 Å². The maximum absolute atomic E-state index is 12.1. The Hall–Kier alpha value is -0.520. The first-order valence-corrected chi connectivity index (χ1v) is 8.01. The van der Waals surface area contributed by atoms with E-state index in [1.54, 1.807) is 18.2 Å². The molecule has 1 aromatic carbocycles. The summed E-state index contributed by atoms with van der Waals surface area (Å²) >= 11 is 11.8. The Kier molecular flexibility index (Phi) is 5.97. The van der Waals surface area contributed by atoms with E-state index in [2.05, 4.69) is 10.2 Å². The summed E-state index contributed by atoms with van der Waals surface area (Å²) in [4.78, 5) is 14.3. The highest BCUT2D eigenvalue weighted by molar-refractivity contribution is 6.42. The molecule has 2 fully saturated rings. The maximum Gasteiger partial charge on any atom is 0.238 e. The van der Waals surface area contributed by atoms with Gasteiger partial charge in [-0.15, -0.1) is 12.4 Å². The second kappa shape index (κ2) is 7.37. The zero-order valence-electron chi connectivity index (χ0n) is 12.1. The van der Waals surface area contributed by atoms with Crippen LogP contribution in [0.15, 0.2) is 18.2 Å². The Morgan fingerprint density at radius 3 is 2.73 bits per heavy atom. The van der Waals surface area contributed by atoms with Crippen LogP contribution < -0.4 is 11.1 Å². The molecular weight excluding hydrogens is 345 g/mol. The van der Waals surface area contributed by atoms with Gasteiger partial charge in [0.05, 0.1) is 16.6 Å². The molecule has 7 heteroatoms. The minimum Gasteiger partial charge on any atom is -0.327 e. The van der Waals surface area contributed by atoms with Gasteiger partial charge in [-0.3, -0.25) is 9.69 Å². The molecule has 3 N–H and O–H groups in total. The van der Waals surface area contributed by atoms with E-state index in [-0.39, 0.29) is 18.3 Å². The van der Waals surface area contributed by atoms with Crippen molar-refractivity contribution in [3.8, 4) is 0 Å².